The molecule has 1 aliphatic heterocycles. The predicted molar refractivity (Wildman–Crippen MR) is 104 cm³/mol. The molecular formula is C21H33N3O2. The number of benzene rings is 1. The summed E-state index contributed by atoms with van der Waals surface area (Å²) >= 11 is 0. The van der Waals surface area contributed by atoms with Gasteiger partial charge in [0.25, 0.3) is 0 Å². The van der Waals surface area contributed by atoms with Gasteiger partial charge in [-0.05, 0) is 56.7 Å². The highest BCUT2D eigenvalue weighted by molar-refractivity contribution is 5.74. The number of rotatable bonds is 4. The van der Waals surface area contributed by atoms with Crippen molar-refractivity contribution < 1.29 is 9.90 Å². The molecule has 1 saturated carbocycles. The molecule has 0 bridgehead atoms. The van der Waals surface area contributed by atoms with E-state index in [1.54, 1.807) is 0 Å². The van der Waals surface area contributed by atoms with Crippen molar-refractivity contribution in [1.82, 2.24) is 15.5 Å². The second-order valence-electron chi connectivity index (χ2n) is 8.07. The van der Waals surface area contributed by atoms with Gasteiger partial charge < -0.3 is 15.7 Å². The van der Waals surface area contributed by atoms with Gasteiger partial charge in [-0.3, -0.25) is 4.90 Å². The maximum Gasteiger partial charge on any atom is 0.315 e. The zero-order valence-electron chi connectivity index (χ0n) is 16.2. The number of carbonyl (C=O) groups is 1. The zero-order valence-corrected chi connectivity index (χ0v) is 16.2. The molecule has 0 spiro atoms. The van der Waals surface area contributed by atoms with Crippen LogP contribution in [0.4, 0.5) is 4.79 Å². The number of phenols is 1. The fourth-order valence-corrected chi connectivity index (χ4v) is 4.12. The van der Waals surface area contributed by atoms with Crippen LogP contribution >= 0.6 is 0 Å². The van der Waals surface area contributed by atoms with Gasteiger partial charge in [0, 0.05) is 37.3 Å². The molecular weight excluding hydrogens is 326 g/mol. The first-order valence-electron chi connectivity index (χ1n) is 10.1. The summed E-state index contributed by atoms with van der Waals surface area (Å²) in [6.07, 6.45) is 7.92. The molecule has 26 heavy (non-hydrogen) atoms. The number of nitrogens with one attached hydrogen (secondary N) is 2. The minimum absolute atomic E-state index is 0.00199. The standard InChI is InChI=1S/C21H33N3O2/c1-15-12-17(20(25)13-16(15)2)14-24-10-8-19(9-11-24)23-21(26)22-18-6-4-3-5-7-18/h12-13,18-19,25H,3-11,14H2,1-2H3,(H2,22,23,26). The maximum atomic E-state index is 12.2. The van der Waals surface area contributed by atoms with Crippen molar-refractivity contribution in [1.29, 1.82) is 0 Å². The highest BCUT2D eigenvalue weighted by Gasteiger charge is 2.23. The van der Waals surface area contributed by atoms with E-state index in [4.69, 9.17) is 0 Å². The molecule has 1 aromatic rings. The summed E-state index contributed by atoms with van der Waals surface area (Å²) in [5, 5.41) is 16.5. The van der Waals surface area contributed by atoms with E-state index in [1.165, 1.54) is 24.8 Å². The van der Waals surface area contributed by atoms with E-state index < -0.39 is 0 Å². The number of urea groups is 1. The summed E-state index contributed by atoms with van der Waals surface area (Å²) in [7, 11) is 0. The lowest BCUT2D eigenvalue weighted by Gasteiger charge is -2.33. The lowest BCUT2D eigenvalue weighted by Crippen LogP contribution is -2.50. The number of likely N-dealkylation sites (tertiary alicyclic amines) is 1. The lowest BCUT2D eigenvalue weighted by molar-refractivity contribution is 0.183. The number of aromatic hydroxyl groups is 1. The number of aryl methyl sites for hydroxylation is 2. The van der Waals surface area contributed by atoms with Crippen molar-refractivity contribution in [2.75, 3.05) is 13.1 Å². The van der Waals surface area contributed by atoms with Crippen LogP contribution in [0.3, 0.4) is 0 Å². The smallest absolute Gasteiger partial charge is 0.315 e. The van der Waals surface area contributed by atoms with Crippen molar-refractivity contribution in [3.05, 3.63) is 28.8 Å². The van der Waals surface area contributed by atoms with E-state index in [1.807, 2.05) is 13.0 Å². The summed E-state index contributed by atoms with van der Waals surface area (Å²) in [6, 6.07) is 4.56. The molecule has 2 amide bonds. The average molecular weight is 360 g/mol. The third-order valence-corrected chi connectivity index (χ3v) is 5.95. The molecule has 1 aliphatic carbocycles. The summed E-state index contributed by atoms with van der Waals surface area (Å²) in [6.45, 7) is 6.77. The van der Waals surface area contributed by atoms with E-state index >= 15 is 0 Å². The number of piperidine rings is 1. The first-order valence-corrected chi connectivity index (χ1v) is 10.1. The summed E-state index contributed by atoms with van der Waals surface area (Å²) in [5.41, 5.74) is 3.33. The highest BCUT2D eigenvalue weighted by atomic mass is 16.3. The number of phenolic OH excluding ortho intramolecular Hbond substituents is 1. The first-order chi connectivity index (χ1) is 12.5. The lowest BCUT2D eigenvalue weighted by atomic mass is 9.96. The summed E-state index contributed by atoms with van der Waals surface area (Å²) in [4.78, 5) is 14.6. The van der Waals surface area contributed by atoms with Crippen LogP contribution in [0.5, 0.6) is 5.75 Å². The van der Waals surface area contributed by atoms with Crippen molar-refractivity contribution in [3.8, 4) is 5.75 Å². The maximum absolute atomic E-state index is 12.2. The molecule has 5 nitrogen and oxygen atoms in total. The van der Waals surface area contributed by atoms with E-state index in [0.29, 0.717) is 11.8 Å². The van der Waals surface area contributed by atoms with Gasteiger partial charge in [0.05, 0.1) is 0 Å². The quantitative estimate of drug-likeness (QED) is 0.769. The molecule has 0 atom stereocenters. The van der Waals surface area contributed by atoms with E-state index in [9.17, 15) is 9.90 Å². The van der Waals surface area contributed by atoms with Crippen LogP contribution < -0.4 is 10.6 Å². The molecule has 0 aromatic heterocycles. The largest absolute Gasteiger partial charge is 0.508 e. The van der Waals surface area contributed by atoms with Crippen molar-refractivity contribution >= 4 is 6.03 Å². The van der Waals surface area contributed by atoms with Crippen molar-refractivity contribution in [2.24, 2.45) is 0 Å². The van der Waals surface area contributed by atoms with Gasteiger partial charge in [-0.15, -0.1) is 0 Å². The van der Waals surface area contributed by atoms with Crippen LogP contribution in [-0.2, 0) is 6.54 Å². The second kappa shape index (κ2) is 8.76. The Bertz CT molecular complexity index is 618. The minimum atomic E-state index is 0.00199. The van der Waals surface area contributed by atoms with Gasteiger partial charge in [0.2, 0.25) is 0 Å². The van der Waals surface area contributed by atoms with Gasteiger partial charge in [-0.2, -0.15) is 0 Å². The van der Waals surface area contributed by atoms with Crippen LogP contribution in [-0.4, -0.2) is 41.2 Å². The Kier molecular flexibility index (Phi) is 6.41. The van der Waals surface area contributed by atoms with E-state index in [-0.39, 0.29) is 12.1 Å². The Hall–Kier alpha value is -1.75. The Morgan fingerprint density at radius 2 is 1.58 bits per heavy atom. The van der Waals surface area contributed by atoms with Crippen molar-refractivity contribution in [3.63, 3.8) is 0 Å². The molecule has 3 rings (SSSR count). The Morgan fingerprint density at radius 1 is 1.00 bits per heavy atom. The zero-order chi connectivity index (χ0) is 18.5. The molecule has 5 heteroatoms. The van der Waals surface area contributed by atoms with Gasteiger partial charge in [-0.25, -0.2) is 4.79 Å². The van der Waals surface area contributed by atoms with Gasteiger partial charge >= 0.3 is 6.03 Å². The van der Waals surface area contributed by atoms with Crippen LogP contribution in [0.2, 0.25) is 0 Å². The molecule has 3 N–H and O–H groups in total. The third kappa shape index (κ3) is 5.13. The number of hydrogen-bond donors (Lipinski definition) is 3. The molecule has 0 unspecified atom stereocenters. The first kappa shape index (κ1) is 19.0. The normalized spacial score (nSPS) is 20.1. The fraction of sp³-hybridized carbons (Fsp3) is 0.667. The molecule has 1 saturated heterocycles. The fourth-order valence-electron chi connectivity index (χ4n) is 4.12. The number of amides is 2. The predicted octanol–water partition coefficient (Wildman–Crippen LogP) is 3.61. The van der Waals surface area contributed by atoms with Gasteiger partial charge in [-0.1, -0.05) is 25.3 Å². The molecule has 2 fully saturated rings. The second-order valence-corrected chi connectivity index (χ2v) is 8.07. The van der Waals surface area contributed by atoms with Crippen LogP contribution in [0.25, 0.3) is 0 Å². The molecule has 1 aromatic carbocycles. The van der Waals surface area contributed by atoms with Gasteiger partial charge in [0.1, 0.15) is 5.75 Å². The van der Waals surface area contributed by atoms with E-state index in [0.717, 1.165) is 56.4 Å². The molecule has 2 aliphatic rings. The van der Waals surface area contributed by atoms with Crippen LogP contribution in [0, 0.1) is 13.8 Å². The highest BCUT2D eigenvalue weighted by Crippen LogP contribution is 2.24. The van der Waals surface area contributed by atoms with Crippen LogP contribution in [0.15, 0.2) is 12.1 Å². The van der Waals surface area contributed by atoms with Crippen LogP contribution in [0.1, 0.15) is 61.6 Å². The summed E-state index contributed by atoms with van der Waals surface area (Å²) < 4.78 is 0. The number of nitrogens with zero attached hydrogens (tertiary/aromatic N) is 1. The molecule has 0 radical (unpaired) electrons. The third-order valence-electron chi connectivity index (χ3n) is 5.95. The van der Waals surface area contributed by atoms with E-state index in [2.05, 4.69) is 28.5 Å². The number of hydrogen-bond acceptors (Lipinski definition) is 3. The summed E-state index contributed by atoms with van der Waals surface area (Å²) in [5.74, 6) is 0.389. The average Bonchev–Trinajstić information content (AvgIpc) is 2.62. The Morgan fingerprint density at radius 3 is 2.23 bits per heavy atom. The Balaban J connectivity index is 1.42. The van der Waals surface area contributed by atoms with Crippen molar-refractivity contribution in [2.45, 2.75) is 77.4 Å². The molecule has 144 valence electrons. The monoisotopic (exact) mass is 359 g/mol. The topological polar surface area (TPSA) is 64.6 Å². The minimum Gasteiger partial charge on any atom is -0.508 e. The Labute approximate surface area is 157 Å². The molecule has 1 heterocycles. The number of carbonyl (C=O) groups excluding carboxylic acids is 1. The van der Waals surface area contributed by atoms with Gasteiger partial charge in [0.15, 0.2) is 0 Å². The SMILES string of the molecule is Cc1cc(O)c(CN2CCC(NC(=O)NC3CCCCC3)CC2)cc1C.